The fourth-order valence-corrected chi connectivity index (χ4v) is 5.03. The predicted octanol–water partition coefficient (Wildman–Crippen LogP) is 5.75. The molecule has 3 aromatic carbocycles. The molecule has 0 aliphatic carbocycles. The number of nitrogens with zero attached hydrogens (tertiary/aromatic N) is 2. The third-order valence-corrected chi connectivity index (χ3v) is 6.89. The molecule has 38 heavy (non-hydrogen) atoms. The molecule has 4 aromatic rings. The lowest BCUT2D eigenvalue weighted by Gasteiger charge is -2.33. The topological polar surface area (TPSA) is 46.5 Å². The molecule has 7 heteroatoms. The maximum atomic E-state index is 13.2. The average Bonchev–Trinajstić information content (AvgIpc) is 3.18. The monoisotopic (exact) mass is 533 g/mol. The minimum absolute atomic E-state index is 0. The van der Waals surface area contributed by atoms with E-state index in [0.717, 1.165) is 46.4 Å². The first-order valence-corrected chi connectivity index (χ1v) is 12.7. The SMILES string of the molecule is Cc1ccc2c(c1)c(C=CC(=O)NCC1CN(Cc3ccc(F)cc3)CCO1)c(-c1ccccc1)n2C.Cl. The van der Waals surface area contributed by atoms with Gasteiger partial charge in [-0.25, -0.2) is 4.39 Å². The number of hydrogen-bond donors (Lipinski definition) is 1. The van der Waals surface area contributed by atoms with Gasteiger partial charge in [-0.05, 0) is 48.4 Å². The highest BCUT2D eigenvalue weighted by atomic mass is 35.5. The molecule has 1 aliphatic rings. The number of aryl methyl sites for hydroxylation is 2. The van der Waals surface area contributed by atoms with Gasteiger partial charge in [0.05, 0.1) is 18.4 Å². The Labute approximate surface area is 229 Å². The van der Waals surface area contributed by atoms with Crippen LogP contribution >= 0.6 is 12.4 Å². The highest BCUT2D eigenvalue weighted by molar-refractivity contribution is 6.01. The quantitative estimate of drug-likeness (QED) is 0.308. The van der Waals surface area contributed by atoms with Crippen LogP contribution in [0.2, 0.25) is 0 Å². The van der Waals surface area contributed by atoms with Gasteiger partial charge in [-0.15, -0.1) is 12.4 Å². The average molecular weight is 534 g/mol. The molecule has 1 aromatic heterocycles. The number of amides is 1. The fourth-order valence-electron chi connectivity index (χ4n) is 5.03. The van der Waals surface area contributed by atoms with Gasteiger partial charge in [0.1, 0.15) is 5.82 Å². The summed E-state index contributed by atoms with van der Waals surface area (Å²) in [4.78, 5) is 15.1. The first kappa shape index (κ1) is 27.6. The molecule has 0 bridgehead atoms. The van der Waals surface area contributed by atoms with E-state index in [1.807, 2.05) is 36.4 Å². The number of hydrogen-bond acceptors (Lipinski definition) is 3. The number of fused-ring (bicyclic) bond motifs is 1. The van der Waals surface area contributed by atoms with Gasteiger partial charge in [0.2, 0.25) is 5.91 Å². The maximum absolute atomic E-state index is 13.2. The molecular weight excluding hydrogens is 501 g/mol. The minimum Gasteiger partial charge on any atom is -0.374 e. The normalized spacial score (nSPS) is 16.0. The summed E-state index contributed by atoms with van der Waals surface area (Å²) in [7, 11) is 2.06. The molecule has 5 rings (SSSR count). The van der Waals surface area contributed by atoms with Gasteiger partial charge >= 0.3 is 0 Å². The van der Waals surface area contributed by atoms with Gasteiger partial charge in [-0.3, -0.25) is 9.69 Å². The molecule has 0 spiro atoms. The summed E-state index contributed by atoms with van der Waals surface area (Å²) >= 11 is 0. The number of ether oxygens (including phenoxy) is 1. The second kappa shape index (κ2) is 12.4. The van der Waals surface area contributed by atoms with Crippen LogP contribution in [0.15, 0.2) is 78.9 Å². The van der Waals surface area contributed by atoms with E-state index in [-0.39, 0.29) is 30.2 Å². The van der Waals surface area contributed by atoms with Gasteiger partial charge in [0, 0.05) is 55.8 Å². The summed E-state index contributed by atoms with van der Waals surface area (Å²) in [6.07, 6.45) is 3.44. The number of morpholine rings is 1. The Bertz CT molecular complexity index is 1420. The summed E-state index contributed by atoms with van der Waals surface area (Å²) in [5.41, 5.74) is 6.58. The van der Waals surface area contributed by atoms with Crippen LogP contribution in [0.4, 0.5) is 4.39 Å². The van der Waals surface area contributed by atoms with Crippen LogP contribution in [-0.2, 0) is 23.1 Å². The number of aromatic nitrogens is 1. The zero-order valence-corrected chi connectivity index (χ0v) is 22.5. The number of nitrogens with one attached hydrogen (secondary N) is 1. The number of benzene rings is 3. The summed E-state index contributed by atoms with van der Waals surface area (Å²) in [6.45, 7) is 5.37. The Kier molecular flexibility index (Phi) is 9.00. The van der Waals surface area contributed by atoms with E-state index in [2.05, 4.69) is 59.1 Å². The third kappa shape index (κ3) is 6.33. The highest BCUT2D eigenvalue weighted by Gasteiger charge is 2.21. The van der Waals surface area contributed by atoms with Crippen molar-refractivity contribution in [2.45, 2.75) is 19.6 Å². The zero-order valence-electron chi connectivity index (χ0n) is 21.7. The van der Waals surface area contributed by atoms with Crippen molar-refractivity contribution >= 4 is 35.3 Å². The van der Waals surface area contributed by atoms with E-state index in [0.29, 0.717) is 19.7 Å². The van der Waals surface area contributed by atoms with Crippen molar-refractivity contribution in [3.63, 3.8) is 0 Å². The van der Waals surface area contributed by atoms with Gasteiger partial charge in [0.15, 0.2) is 0 Å². The van der Waals surface area contributed by atoms with E-state index in [1.165, 1.54) is 17.7 Å². The molecular formula is C31H33ClFN3O2. The summed E-state index contributed by atoms with van der Waals surface area (Å²) in [6, 6.07) is 23.3. The first-order valence-electron chi connectivity index (χ1n) is 12.7. The molecule has 1 N–H and O–H groups in total. The van der Waals surface area contributed by atoms with Gasteiger partial charge in [-0.2, -0.15) is 0 Å². The van der Waals surface area contributed by atoms with Gasteiger partial charge in [0.25, 0.3) is 0 Å². The molecule has 1 saturated heterocycles. The predicted molar refractivity (Wildman–Crippen MR) is 154 cm³/mol. The van der Waals surface area contributed by atoms with Gasteiger partial charge in [-0.1, -0.05) is 54.1 Å². The van der Waals surface area contributed by atoms with Crippen LogP contribution in [0.1, 0.15) is 16.7 Å². The lowest BCUT2D eigenvalue weighted by Crippen LogP contribution is -2.46. The summed E-state index contributed by atoms with van der Waals surface area (Å²) in [5, 5.41) is 4.13. The van der Waals surface area contributed by atoms with Crippen molar-refractivity contribution < 1.29 is 13.9 Å². The van der Waals surface area contributed by atoms with Crippen molar-refractivity contribution in [3.05, 3.63) is 101 Å². The maximum Gasteiger partial charge on any atom is 0.244 e. The molecule has 1 amide bonds. The van der Waals surface area contributed by atoms with E-state index in [4.69, 9.17) is 4.74 Å². The van der Waals surface area contributed by atoms with Crippen molar-refractivity contribution in [2.75, 3.05) is 26.2 Å². The lowest BCUT2D eigenvalue weighted by atomic mass is 10.0. The molecule has 0 saturated carbocycles. The molecule has 1 atom stereocenters. The van der Waals surface area contributed by atoms with Crippen molar-refractivity contribution in [2.24, 2.45) is 7.05 Å². The second-order valence-electron chi connectivity index (χ2n) is 9.64. The molecule has 198 valence electrons. The fraction of sp³-hybridized carbons (Fsp3) is 0.258. The molecule has 1 aliphatic heterocycles. The Morgan fingerprint density at radius 1 is 1.11 bits per heavy atom. The zero-order chi connectivity index (χ0) is 25.8. The van der Waals surface area contributed by atoms with Crippen molar-refractivity contribution in [1.82, 2.24) is 14.8 Å². The Hall–Kier alpha value is -3.45. The second-order valence-corrected chi connectivity index (χ2v) is 9.64. The number of rotatable bonds is 7. The molecule has 1 fully saturated rings. The summed E-state index contributed by atoms with van der Waals surface area (Å²) < 4.78 is 21.3. The Balaban J connectivity index is 0.00000336. The molecule has 1 unspecified atom stereocenters. The molecule has 5 nitrogen and oxygen atoms in total. The number of carbonyl (C=O) groups excluding carboxylic acids is 1. The van der Waals surface area contributed by atoms with Crippen LogP contribution in [0.3, 0.4) is 0 Å². The number of carbonyl (C=O) groups is 1. The van der Waals surface area contributed by atoms with Crippen LogP contribution in [0.5, 0.6) is 0 Å². The molecule has 2 heterocycles. The van der Waals surface area contributed by atoms with Crippen LogP contribution in [0.25, 0.3) is 28.2 Å². The number of halogens is 2. The standard InChI is InChI=1S/C31H32FN3O2.ClH/c1-22-8-14-29-28(18-22)27(31(34(29)2)24-6-4-3-5-7-24)13-15-30(36)33-19-26-21-35(16-17-37-26)20-23-9-11-25(32)12-10-23;/h3-15,18,26H,16-17,19-21H2,1-2H3,(H,33,36);1H. The van der Waals surface area contributed by atoms with Crippen LogP contribution in [0, 0.1) is 12.7 Å². The first-order chi connectivity index (χ1) is 18.0. The van der Waals surface area contributed by atoms with Gasteiger partial charge < -0.3 is 14.6 Å². The van der Waals surface area contributed by atoms with E-state index in [9.17, 15) is 9.18 Å². The minimum atomic E-state index is -0.228. The van der Waals surface area contributed by atoms with Crippen molar-refractivity contribution in [1.29, 1.82) is 0 Å². The molecule has 0 radical (unpaired) electrons. The smallest absolute Gasteiger partial charge is 0.244 e. The lowest BCUT2D eigenvalue weighted by molar-refractivity contribution is -0.117. The highest BCUT2D eigenvalue weighted by Crippen LogP contribution is 2.34. The van der Waals surface area contributed by atoms with E-state index >= 15 is 0 Å². The Morgan fingerprint density at radius 2 is 1.87 bits per heavy atom. The summed E-state index contributed by atoms with van der Waals surface area (Å²) in [5.74, 6) is -0.378. The van der Waals surface area contributed by atoms with Crippen molar-refractivity contribution in [3.8, 4) is 11.3 Å². The van der Waals surface area contributed by atoms with E-state index in [1.54, 1.807) is 6.08 Å². The van der Waals surface area contributed by atoms with E-state index < -0.39 is 0 Å². The Morgan fingerprint density at radius 3 is 2.63 bits per heavy atom. The largest absolute Gasteiger partial charge is 0.374 e. The third-order valence-electron chi connectivity index (χ3n) is 6.89. The van der Waals surface area contributed by atoms with Crippen LogP contribution in [-0.4, -0.2) is 47.7 Å². The van der Waals surface area contributed by atoms with Crippen LogP contribution < -0.4 is 5.32 Å².